The molecule has 278 valence electrons. The summed E-state index contributed by atoms with van der Waals surface area (Å²) in [5.74, 6) is 0.871. The van der Waals surface area contributed by atoms with Crippen molar-refractivity contribution in [3.63, 3.8) is 0 Å². The molecule has 1 unspecified atom stereocenters. The molecule has 0 bridgehead atoms. The van der Waals surface area contributed by atoms with Crippen LogP contribution in [0, 0.1) is 17.8 Å². The van der Waals surface area contributed by atoms with E-state index in [4.69, 9.17) is 28.2 Å². The molecule has 1 N–H and O–H groups in total. The van der Waals surface area contributed by atoms with E-state index >= 15 is 0 Å². The van der Waals surface area contributed by atoms with Crippen LogP contribution in [-0.4, -0.2) is 68.6 Å². The molecule has 7 nitrogen and oxygen atoms in total. The molecule has 3 aliphatic rings. The number of halogens is 2. The number of carbonyl (C=O) groups is 2. The number of allylic oxidation sites excluding steroid dienone is 1. The zero-order valence-corrected chi connectivity index (χ0v) is 33.7. The largest absolute Gasteiger partial charge is 0.396 e. The van der Waals surface area contributed by atoms with Crippen molar-refractivity contribution < 1.29 is 14.7 Å². The van der Waals surface area contributed by atoms with Gasteiger partial charge in [-0.2, -0.15) is 0 Å². The van der Waals surface area contributed by atoms with E-state index in [9.17, 15) is 14.7 Å². The van der Waals surface area contributed by atoms with E-state index in [1.165, 1.54) is 11.8 Å². The number of amidine groups is 1. The van der Waals surface area contributed by atoms with Gasteiger partial charge >= 0.3 is 0 Å². The van der Waals surface area contributed by atoms with Gasteiger partial charge in [0.05, 0.1) is 6.04 Å². The Kier molecular flexibility index (Phi) is 13.3. The topological polar surface area (TPSA) is 76.5 Å². The number of rotatable bonds is 15. The van der Waals surface area contributed by atoms with E-state index in [1.807, 2.05) is 46.2 Å². The summed E-state index contributed by atoms with van der Waals surface area (Å²) >= 11 is 14.1. The summed E-state index contributed by atoms with van der Waals surface area (Å²) in [5.41, 5.74) is 2.38. The first kappa shape index (κ1) is 39.7. The van der Waals surface area contributed by atoms with Gasteiger partial charge in [0.1, 0.15) is 16.5 Å². The zero-order valence-electron chi connectivity index (χ0n) is 31.4. The van der Waals surface area contributed by atoms with Crippen molar-refractivity contribution in [2.45, 2.75) is 117 Å². The summed E-state index contributed by atoms with van der Waals surface area (Å²) in [6.07, 6.45) is 6.23. The normalized spacial score (nSPS) is 24.3. The van der Waals surface area contributed by atoms with E-state index in [0.29, 0.717) is 46.3 Å². The van der Waals surface area contributed by atoms with Crippen LogP contribution >= 0.6 is 35.0 Å². The van der Waals surface area contributed by atoms with Gasteiger partial charge in [-0.1, -0.05) is 88.5 Å². The molecule has 1 saturated heterocycles. The van der Waals surface area contributed by atoms with Crippen LogP contribution in [0.2, 0.25) is 10.0 Å². The van der Waals surface area contributed by atoms with Gasteiger partial charge in [-0.3, -0.25) is 9.59 Å². The minimum absolute atomic E-state index is 0.0216. The first-order valence-electron chi connectivity index (χ1n) is 18.9. The number of aliphatic hydroxyl groups is 1. The van der Waals surface area contributed by atoms with Crippen molar-refractivity contribution in [1.29, 1.82) is 0 Å². The average molecular weight is 756 g/mol. The van der Waals surface area contributed by atoms with E-state index < -0.39 is 11.6 Å². The Labute approximate surface area is 319 Å². The molecular weight excluding hydrogens is 699 g/mol. The van der Waals surface area contributed by atoms with Gasteiger partial charge in [0.15, 0.2) is 5.17 Å². The number of aliphatic imine (C=N–C) groups is 1. The third kappa shape index (κ3) is 8.35. The van der Waals surface area contributed by atoms with Gasteiger partial charge in [-0.25, -0.2) is 4.99 Å². The Morgan fingerprint density at radius 2 is 1.69 bits per heavy atom. The Bertz CT molecular complexity index is 1600. The first-order valence-corrected chi connectivity index (χ1v) is 20.5. The lowest BCUT2D eigenvalue weighted by Crippen LogP contribution is -2.51. The van der Waals surface area contributed by atoms with Crippen molar-refractivity contribution in [3.05, 3.63) is 80.3 Å². The van der Waals surface area contributed by atoms with E-state index in [1.54, 1.807) is 0 Å². The van der Waals surface area contributed by atoms with Crippen LogP contribution < -0.4 is 0 Å². The second-order valence-corrected chi connectivity index (χ2v) is 17.1. The molecule has 0 aliphatic carbocycles. The van der Waals surface area contributed by atoms with Gasteiger partial charge in [0, 0.05) is 41.5 Å². The Morgan fingerprint density at radius 1 is 1.04 bits per heavy atom. The molecule has 0 radical (unpaired) electrons. The summed E-state index contributed by atoms with van der Waals surface area (Å²) in [4.78, 5) is 41.6. The highest BCUT2D eigenvalue weighted by atomic mass is 35.5. The standard InChI is InChI=1S/C41H56Cl2N4O3S/c1-8-22-45(25-27(5)24-29(9-2)11-10-23-48)38(49)34-21-12-28(6)46(34)39(50)36-35(26(3)4)47-37(30-13-17-32(42)18-14-30)41(7,44-40(47)51-36)31-15-19-33(43)20-16-31/h13-20,26-29,34,37,48H,8-12,21-25H2,1-7H3/t27-,28-,29?,34+,37-,41+/m1/s1. The second kappa shape index (κ2) is 17.1. The fraction of sp³-hybridized carbons (Fsp3) is 0.585. The molecule has 5 rings (SSSR count). The summed E-state index contributed by atoms with van der Waals surface area (Å²) in [7, 11) is 0. The maximum Gasteiger partial charge on any atom is 0.263 e. The monoisotopic (exact) mass is 754 g/mol. The molecule has 51 heavy (non-hydrogen) atoms. The molecular formula is C41H56Cl2N4O3S. The van der Waals surface area contributed by atoms with Gasteiger partial charge < -0.3 is 19.8 Å². The highest BCUT2D eigenvalue weighted by molar-refractivity contribution is 8.18. The van der Waals surface area contributed by atoms with Crippen molar-refractivity contribution >= 4 is 51.9 Å². The lowest BCUT2D eigenvalue weighted by atomic mass is 9.81. The Balaban J connectivity index is 1.46. The van der Waals surface area contributed by atoms with Crippen LogP contribution in [-0.2, 0) is 15.1 Å². The van der Waals surface area contributed by atoms with Gasteiger partial charge in [0.25, 0.3) is 5.91 Å². The Hall–Kier alpha value is -2.52. The molecule has 0 aromatic heterocycles. The van der Waals surface area contributed by atoms with Gasteiger partial charge in [0.2, 0.25) is 5.91 Å². The lowest BCUT2D eigenvalue weighted by Gasteiger charge is -2.37. The van der Waals surface area contributed by atoms with Crippen LogP contribution in [0.25, 0.3) is 0 Å². The fourth-order valence-electron chi connectivity index (χ4n) is 8.41. The number of nitrogens with zero attached hydrogens (tertiary/aromatic N) is 4. The molecule has 2 aromatic rings. The van der Waals surface area contributed by atoms with Crippen LogP contribution in [0.15, 0.2) is 64.1 Å². The number of aliphatic hydroxyl groups excluding tert-OH is 1. The van der Waals surface area contributed by atoms with Gasteiger partial charge in [-0.05, 0) is 117 Å². The number of fused-ring (bicyclic) bond motifs is 1. The predicted molar refractivity (Wildman–Crippen MR) is 212 cm³/mol. The third-order valence-electron chi connectivity index (χ3n) is 11.0. The number of thioether (sulfide) groups is 1. The van der Waals surface area contributed by atoms with Crippen LogP contribution in [0.4, 0.5) is 0 Å². The lowest BCUT2D eigenvalue weighted by molar-refractivity contribution is -0.143. The maximum atomic E-state index is 14.9. The molecule has 0 spiro atoms. The fourth-order valence-corrected chi connectivity index (χ4v) is 10.0. The van der Waals surface area contributed by atoms with E-state index in [2.05, 4.69) is 65.5 Å². The second-order valence-electron chi connectivity index (χ2n) is 15.3. The van der Waals surface area contributed by atoms with Crippen molar-refractivity contribution in [2.75, 3.05) is 19.7 Å². The summed E-state index contributed by atoms with van der Waals surface area (Å²) in [6, 6.07) is 15.0. The Morgan fingerprint density at radius 3 is 2.27 bits per heavy atom. The van der Waals surface area contributed by atoms with Crippen molar-refractivity contribution in [1.82, 2.24) is 14.7 Å². The molecule has 6 atom stereocenters. The summed E-state index contributed by atoms with van der Waals surface area (Å²) in [5, 5.41) is 11.5. The molecule has 2 amide bonds. The molecule has 3 aliphatic heterocycles. The van der Waals surface area contributed by atoms with Crippen molar-refractivity contribution in [2.24, 2.45) is 22.7 Å². The highest BCUT2D eigenvalue weighted by Crippen LogP contribution is 2.56. The summed E-state index contributed by atoms with van der Waals surface area (Å²) in [6.45, 7) is 16.6. The number of carbonyl (C=O) groups excluding carboxylic acids is 2. The van der Waals surface area contributed by atoms with Crippen LogP contribution in [0.5, 0.6) is 0 Å². The highest BCUT2D eigenvalue weighted by Gasteiger charge is 2.54. The van der Waals surface area contributed by atoms with Crippen LogP contribution in [0.3, 0.4) is 0 Å². The minimum Gasteiger partial charge on any atom is -0.396 e. The molecule has 3 heterocycles. The molecule has 0 saturated carbocycles. The predicted octanol–water partition coefficient (Wildman–Crippen LogP) is 9.68. The SMILES string of the molecule is CCCN(C[C@H](C)CC(CC)CCCO)C(=O)[C@@H]1CC[C@@H](C)N1C(=O)C1=C(C(C)C)N2C(=N[C@@](C)(c3ccc(Cl)cc3)[C@H]2c2ccc(Cl)cc2)S1. The van der Waals surface area contributed by atoms with Crippen molar-refractivity contribution in [3.8, 4) is 0 Å². The summed E-state index contributed by atoms with van der Waals surface area (Å²) < 4.78 is 0. The maximum absolute atomic E-state index is 14.9. The molecule has 10 heteroatoms. The van der Waals surface area contributed by atoms with Crippen LogP contribution in [0.1, 0.15) is 111 Å². The third-order valence-corrected chi connectivity index (χ3v) is 12.5. The van der Waals surface area contributed by atoms with Gasteiger partial charge in [-0.15, -0.1) is 0 Å². The minimum atomic E-state index is -0.652. The quantitative estimate of drug-likeness (QED) is 0.196. The number of benzene rings is 2. The molecule has 2 aromatic carbocycles. The number of hydrogen-bond donors (Lipinski definition) is 1. The smallest absolute Gasteiger partial charge is 0.263 e. The average Bonchev–Trinajstić information content (AvgIpc) is 3.75. The number of amides is 2. The first-order chi connectivity index (χ1) is 24.3. The zero-order chi connectivity index (χ0) is 37.0. The molecule has 1 fully saturated rings. The number of hydrogen-bond acceptors (Lipinski definition) is 6. The van der Waals surface area contributed by atoms with E-state index in [-0.39, 0.29) is 36.4 Å². The van der Waals surface area contributed by atoms with E-state index in [0.717, 1.165) is 60.5 Å². The number of likely N-dealkylation sites (tertiary alicyclic amines) is 1.